The number of carbonyl (C=O) groups is 1. The van der Waals surface area contributed by atoms with Crippen molar-refractivity contribution in [1.29, 1.82) is 0 Å². The van der Waals surface area contributed by atoms with E-state index in [0.29, 0.717) is 13.1 Å². The molecule has 3 aromatic carbocycles. The van der Waals surface area contributed by atoms with Crippen LogP contribution in [0.25, 0.3) is 11.1 Å². The van der Waals surface area contributed by atoms with Crippen LogP contribution in [0.1, 0.15) is 11.1 Å². The van der Waals surface area contributed by atoms with E-state index in [1.54, 1.807) is 0 Å². The van der Waals surface area contributed by atoms with Gasteiger partial charge in [0.1, 0.15) is 0 Å². The predicted octanol–water partition coefficient (Wildman–Crippen LogP) is 4.35. The summed E-state index contributed by atoms with van der Waals surface area (Å²) in [5.41, 5.74) is 5.97. The van der Waals surface area contributed by atoms with Gasteiger partial charge in [0.05, 0.1) is 6.54 Å². The van der Waals surface area contributed by atoms with Crippen LogP contribution >= 0.6 is 0 Å². The Bertz CT molecular complexity index is 888. The molecule has 26 heavy (non-hydrogen) atoms. The standard InChI is InChI=1S/C23H22N2O/c26-23(25-15-14-19-8-4-5-9-21(19)17-25)16-24-22-12-10-20(11-13-22)18-6-2-1-3-7-18/h1-13,24H,14-17H2. The monoisotopic (exact) mass is 342 g/mol. The maximum Gasteiger partial charge on any atom is 0.242 e. The van der Waals surface area contributed by atoms with Crippen molar-refractivity contribution in [1.82, 2.24) is 4.90 Å². The quantitative estimate of drug-likeness (QED) is 0.764. The first-order valence-electron chi connectivity index (χ1n) is 9.03. The summed E-state index contributed by atoms with van der Waals surface area (Å²) in [6.07, 6.45) is 0.938. The average Bonchev–Trinajstić information content (AvgIpc) is 2.72. The van der Waals surface area contributed by atoms with Gasteiger partial charge in [0.25, 0.3) is 0 Å². The third-order valence-corrected chi connectivity index (χ3v) is 4.92. The van der Waals surface area contributed by atoms with Gasteiger partial charge in [0.2, 0.25) is 5.91 Å². The number of amides is 1. The zero-order chi connectivity index (χ0) is 17.8. The van der Waals surface area contributed by atoms with Crippen LogP contribution in [-0.2, 0) is 17.8 Å². The molecular formula is C23H22N2O. The average molecular weight is 342 g/mol. The molecule has 0 atom stereocenters. The van der Waals surface area contributed by atoms with Gasteiger partial charge in [-0.05, 0) is 40.8 Å². The molecule has 0 radical (unpaired) electrons. The lowest BCUT2D eigenvalue weighted by Crippen LogP contribution is -2.39. The molecule has 0 fully saturated rings. The number of carbonyl (C=O) groups excluding carboxylic acids is 1. The Morgan fingerprint density at radius 2 is 1.46 bits per heavy atom. The molecule has 3 aromatic rings. The topological polar surface area (TPSA) is 32.3 Å². The zero-order valence-electron chi connectivity index (χ0n) is 14.7. The minimum Gasteiger partial charge on any atom is -0.376 e. The molecule has 1 amide bonds. The molecule has 3 heteroatoms. The fourth-order valence-electron chi connectivity index (χ4n) is 3.41. The highest BCUT2D eigenvalue weighted by Crippen LogP contribution is 2.21. The lowest BCUT2D eigenvalue weighted by molar-refractivity contribution is -0.130. The lowest BCUT2D eigenvalue weighted by atomic mass is 10.00. The molecule has 1 aliphatic heterocycles. The van der Waals surface area contributed by atoms with Crippen molar-refractivity contribution >= 4 is 11.6 Å². The molecule has 0 bridgehead atoms. The fraction of sp³-hybridized carbons (Fsp3) is 0.174. The third-order valence-electron chi connectivity index (χ3n) is 4.92. The minimum atomic E-state index is 0.145. The molecular weight excluding hydrogens is 320 g/mol. The summed E-state index contributed by atoms with van der Waals surface area (Å²) in [5, 5.41) is 3.25. The Hall–Kier alpha value is -3.07. The number of nitrogens with zero attached hydrogens (tertiary/aromatic N) is 1. The second-order valence-corrected chi connectivity index (χ2v) is 6.63. The summed E-state index contributed by atoms with van der Waals surface area (Å²) in [5.74, 6) is 0.145. The summed E-state index contributed by atoms with van der Waals surface area (Å²) in [4.78, 5) is 14.5. The van der Waals surface area contributed by atoms with Gasteiger partial charge in [-0.1, -0.05) is 66.7 Å². The van der Waals surface area contributed by atoms with Crippen LogP contribution in [0.2, 0.25) is 0 Å². The van der Waals surface area contributed by atoms with Gasteiger partial charge < -0.3 is 10.2 Å². The van der Waals surface area contributed by atoms with E-state index < -0.39 is 0 Å². The minimum absolute atomic E-state index is 0.145. The van der Waals surface area contributed by atoms with E-state index in [0.717, 1.165) is 18.7 Å². The van der Waals surface area contributed by atoms with E-state index >= 15 is 0 Å². The Kier molecular flexibility index (Phi) is 4.69. The van der Waals surface area contributed by atoms with Gasteiger partial charge in [0, 0.05) is 18.8 Å². The van der Waals surface area contributed by atoms with Crippen molar-refractivity contribution in [3.63, 3.8) is 0 Å². The Labute approximate surface area is 154 Å². The van der Waals surface area contributed by atoms with E-state index in [4.69, 9.17) is 0 Å². The van der Waals surface area contributed by atoms with Crippen molar-refractivity contribution in [2.24, 2.45) is 0 Å². The molecule has 0 unspecified atom stereocenters. The van der Waals surface area contributed by atoms with Crippen molar-refractivity contribution in [3.8, 4) is 11.1 Å². The van der Waals surface area contributed by atoms with Crippen LogP contribution < -0.4 is 5.32 Å². The fourth-order valence-corrected chi connectivity index (χ4v) is 3.41. The molecule has 1 N–H and O–H groups in total. The highest BCUT2D eigenvalue weighted by atomic mass is 16.2. The van der Waals surface area contributed by atoms with E-state index in [1.165, 1.54) is 22.3 Å². The van der Waals surface area contributed by atoms with Crippen molar-refractivity contribution in [2.45, 2.75) is 13.0 Å². The highest BCUT2D eigenvalue weighted by Gasteiger charge is 2.19. The normalized spacial score (nSPS) is 13.2. The van der Waals surface area contributed by atoms with E-state index in [1.807, 2.05) is 41.3 Å². The maximum atomic E-state index is 12.5. The summed E-state index contributed by atoms with van der Waals surface area (Å²) >= 11 is 0. The number of benzene rings is 3. The molecule has 0 aromatic heterocycles. The highest BCUT2D eigenvalue weighted by molar-refractivity contribution is 5.81. The Balaban J connectivity index is 1.35. The first kappa shape index (κ1) is 16.4. The number of hydrogen-bond acceptors (Lipinski definition) is 2. The molecule has 4 rings (SSSR count). The van der Waals surface area contributed by atoms with Crippen LogP contribution in [0.4, 0.5) is 5.69 Å². The first-order valence-corrected chi connectivity index (χ1v) is 9.03. The van der Waals surface area contributed by atoms with Gasteiger partial charge in [-0.3, -0.25) is 4.79 Å². The SMILES string of the molecule is O=C(CNc1ccc(-c2ccccc2)cc1)N1CCc2ccccc2C1. The first-order chi connectivity index (χ1) is 12.8. The van der Waals surface area contributed by atoms with Gasteiger partial charge in [0.15, 0.2) is 0 Å². The molecule has 0 aliphatic carbocycles. The van der Waals surface area contributed by atoms with Crippen LogP contribution in [-0.4, -0.2) is 23.9 Å². The lowest BCUT2D eigenvalue weighted by Gasteiger charge is -2.29. The number of anilines is 1. The largest absolute Gasteiger partial charge is 0.376 e. The van der Waals surface area contributed by atoms with Crippen LogP contribution in [0, 0.1) is 0 Å². The number of hydrogen-bond donors (Lipinski definition) is 1. The van der Waals surface area contributed by atoms with Crippen LogP contribution in [0.5, 0.6) is 0 Å². The summed E-state index contributed by atoms with van der Waals surface area (Å²) in [7, 11) is 0. The van der Waals surface area contributed by atoms with Gasteiger partial charge in [-0.15, -0.1) is 0 Å². The summed E-state index contributed by atoms with van der Waals surface area (Å²) < 4.78 is 0. The van der Waals surface area contributed by atoms with Crippen molar-refractivity contribution in [3.05, 3.63) is 90.0 Å². The zero-order valence-corrected chi connectivity index (χ0v) is 14.7. The summed E-state index contributed by atoms with van der Waals surface area (Å²) in [6, 6.07) is 26.9. The molecule has 0 spiro atoms. The van der Waals surface area contributed by atoms with Crippen molar-refractivity contribution < 1.29 is 4.79 Å². The molecule has 1 heterocycles. The third kappa shape index (κ3) is 3.62. The van der Waals surface area contributed by atoms with Gasteiger partial charge in [-0.2, -0.15) is 0 Å². The van der Waals surface area contributed by atoms with Crippen LogP contribution in [0.15, 0.2) is 78.9 Å². The Morgan fingerprint density at radius 3 is 2.23 bits per heavy atom. The molecule has 130 valence electrons. The summed E-state index contributed by atoms with van der Waals surface area (Å²) in [6.45, 7) is 1.83. The molecule has 0 saturated carbocycles. The molecule has 1 aliphatic rings. The molecule has 3 nitrogen and oxygen atoms in total. The van der Waals surface area contributed by atoms with E-state index in [2.05, 4.69) is 47.8 Å². The van der Waals surface area contributed by atoms with E-state index in [-0.39, 0.29) is 5.91 Å². The van der Waals surface area contributed by atoms with Gasteiger partial charge in [-0.25, -0.2) is 0 Å². The van der Waals surface area contributed by atoms with E-state index in [9.17, 15) is 4.79 Å². The Morgan fingerprint density at radius 1 is 0.808 bits per heavy atom. The predicted molar refractivity (Wildman–Crippen MR) is 106 cm³/mol. The maximum absolute atomic E-state index is 12.5. The second kappa shape index (κ2) is 7.44. The number of rotatable bonds is 4. The second-order valence-electron chi connectivity index (χ2n) is 6.63. The molecule has 0 saturated heterocycles. The number of nitrogens with one attached hydrogen (secondary N) is 1. The number of fused-ring (bicyclic) bond motifs is 1. The van der Waals surface area contributed by atoms with Crippen molar-refractivity contribution in [2.75, 3.05) is 18.4 Å². The smallest absolute Gasteiger partial charge is 0.242 e. The van der Waals surface area contributed by atoms with Gasteiger partial charge >= 0.3 is 0 Å². The van der Waals surface area contributed by atoms with Crippen LogP contribution in [0.3, 0.4) is 0 Å².